The number of allylic oxidation sites excluding steroid dienone is 1. The average Bonchev–Trinajstić information content (AvgIpc) is 2.95. The van der Waals surface area contributed by atoms with Gasteiger partial charge >= 0.3 is 0 Å². The molecule has 0 aliphatic carbocycles. The highest BCUT2D eigenvalue weighted by Crippen LogP contribution is 2.30. The Labute approximate surface area is 141 Å². The largest absolute Gasteiger partial charge is 0.361 e. The predicted octanol–water partition coefficient (Wildman–Crippen LogP) is 5.11. The Kier molecular flexibility index (Phi) is 4.32. The summed E-state index contributed by atoms with van der Waals surface area (Å²) in [6.45, 7) is 0. The van der Waals surface area contributed by atoms with Crippen LogP contribution < -0.4 is 0 Å². The lowest BCUT2D eigenvalue weighted by Crippen LogP contribution is -1.84. The highest BCUT2D eigenvalue weighted by atomic mass is 79.9. The van der Waals surface area contributed by atoms with Crippen molar-refractivity contribution in [2.75, 3.05) is 6.26 Å². The van der Waals surface area contributed by atoms with Crippen LogP contribution in [0.3, 0.4) is 0 Å². The molecule has 22 heavy (non-hydrogen) atoms. The zero-order valence-electron chi connectivity index (χ0n) is 11.8. The predicted molar refractivity (Wildman–Crippen MR) is 95.5 cm³/mol. The number of pyridine rings is 1. The van der Waals surface area contributed by atoms with Gasteiger partial charge in [-0.15, -0.1) is 11.8 Å². The second-order valence-electron chi connectivity index (χ2n) is 4.68. The normalized spacial score (nSPS) is 11.6. The third-order valence-electron chi connectivity index (χ3n) is 3.38. The molecular weight excluding hydrogens is 358 g/mol. The van der Waals surface area contributed by atoms with Gasteiger partial charge in [0.1, 0.15) is 0 Å². The van der Waals surface area contributed by atoms with E-state index in [0.29, 0.717) is 5.57 Å². The lowest BCUT2D eigenvalue weighted by atomic mass is 10.0. The minimum atomic E-state index is 0.618. The molecule has 0 aliphatic heterocycles. The van der Waals surface area contributed by atoms with Gasteiger partial charge in [0.25, 0.3) is 0 Å². The molecule has 3 nitrogen and oxygen atoms in total. The second-order valence-corrected chi connectivity index (χ2v) is 6.44. The smallest absolute Gasteiger partial charge is 0.0998 e. The zero-order valence-corrected chi connectivity index (χ0v) is 14.2. The van der Waals surface area contributed by atoms with E-state index >= 15 is 0 Å². The number of hydrogen-bond donors (Lipinski definition) is 1. The number of rotatable bonds is 3. The molecule has 0 atom stereocenters. The summed E-state index contributed by atoms with van der Waals surface area (Å²) < 4.78 is 0.990. The van der Waals surface area contributed by atoms with E-state index in [2.05, 4.69) is 32.0 Å². The number of hydrogen-bond acceptors (Lipinski definition) is 3. The van der Waals surface area contributed by atoms with Crippen molar-refractivity contribution in [1.29, 1.82) is 5.26 Å². The standard InChI is InChI=1S/C17H12BrN3S/c1-22-17-4-5-20-9-12(17)6-11(8-19)15-10-21-16-3-2-13(18)7-14(15)16/h2-7,9-10,21H,1H3. The van der Waals surface area contributed by atoms with Crippen LogP contribution in [-0.2, 0) is 0 Å². The molecule has 1 N–H and O–H groups in total. The first-order valence-corrected chi connectivity index (χ1v) is 8.61. The van der Waals surface area contributed by atoms with Crippen molar-refractivity contribution in [3.63, 3.8) is 0 Å². The molecule has 0 fully saturated rings. The monoisotopic (exact) mass is 369 g/mol. The van der Waals surface area contributed by atoms with Crippen molar-refractivity contribution >= 4 is 50.2 Å². The number of halogens is 1. The first-order chi connectivity index (χ1) is 10.7. The fraction of sp³-hybridized carbons (Fsp3) is 0.0588. The molecule has 1 aromatic carbocycles. The van der Waals surface area contributed by atoms with Gasteiger partial charge in [0.2, 0.25) is 0 Å². The van der Waals surface area contributed by atoms with E-state index < -0.39 is 0 Å². The van der Waals surface area contributed by atoms with E-state index in [-0.39, 0.29) is 0 Å². The number of thioether (sulfide) groups is 1. The number of nitrogens with zero attached hydrogens (tertiary/aromatic N) is 2. The molecule has 0 aliphatic rings. The van der Waals surface area contributed by atoms with Crippen LogP contribution in [0.4, 0.5) is 0 Å². The van der Waals surface area contributed by atoms with Gasteiger partial charge in [-0.25, -0.2) is 0 Å². The molecule has 0 bridgehead atoms. The summed E-state index contributed by atoms with van der Waals surface area (Å²) in [7, 11) is 0. The van der Waals surface area contributed by atoms with E-state index in [0.717, 1.165) is 31.4 Å². The summed E-state index contributed by atoms with van der Waals surface area (Å²) in [6.07, 6.45) is 9.33. The van der Waals surface area contributed by atoms with Gasteiger partial charge < -0.3 is 4.98 Å². The molecule has 0 amide bonds. The van der Waals surface area contributed by atoms with Crippen LogP contribution in [-0.4, -0.2) is 16.2 Å². The van der Waals surface area contributed by atoms with E-state index in [1.54, 1.807) is 24.2 Å². The number of nitriles is 1. The van der Waals surface area contributed by atoms with E-state index in [9.17, 15) is 5.26 Å². The number of aromatic nitrogens is 2. The van der Waals surface area contributed by atoms with Crippen LogP contribution in [0.15, 0.2) is 52.2 Å². The molecular formula is C17H12BrN3S. The molecule has 108 valence electrons. The number of nitrogens with one attached hydrogen (secondary N) is 1. The number of aromatic amines is 1. The van der Waals surface area contributed by atoms with Crippen molar-refractivity contribution < 1.29 is 0 Å². The van der Waals surface area contributed by atoms with Crippen molar-refractivity contribution in [3.8, 4) is 6.07 Å². The third kappa shape index (κ3) is 2.80. The van der Waals surface area contributed by atoms with Crippen molar-refractivity contribution in [2.24, 2.45) is 0 Å². The van der Waals surface area contributed by atoms with Crippen molar-refractivity contribution in [2.45, 2.75) is 4.90 Å². The van der Waals surface area contributed by atoms with Crippen molar-refractivity contribution in [3.05, 3.63) is 58.5 Å². The van der Waals surface area contributed by atoms with Crippen LogP contribution in [0.5, 0.6) is 0 Å². The molecule has 0 spiro atoms. The Balaban J connectivity index is 2.16. The summed E-state index contributed by atoms with van der Waals surface area (Å²) in [5, 5.41) is 10.6. The van der Waals surface area contributed by atoms with Crippen LogP contribution in [0.1, 0.15) is 11.1 Å². The first-order valence-electron chi connectivity index (χ1n) is 6.59. The fourth-order valence-corrected chi connectivity index (χ4v) is 3.23. The fourth-order valence-electron chi connectivity index (χ4n) is 2.33. The van der Waals surface area contributed by atoms with E-state index in [1.807, 2.05) is 42.8 Å². The van der Waals surface area contributed by atoms with Gasteiger partial charge in [-0.3, -0.25) is 4.98 Å². The van der Waals surface area contributed by atoms with Crippen molar-refractivity contribution in [1.82, 2.24) is 9.97 Å². The molecule has 5 heteroatoms. The molecule has 0 saturated heterocycles. The maximum absolute atomic E-state index is 9.58. The molecule has 3 aromatic rings. The lowest BCUT2D eigenvalue weighted by Gasteiger charge is -2.03. The van der Waals surface area contributed by atoms with Gasteiger partial charge in [0.15, 0.2) is 0 Å². The Morgan fingerprint density at radius 1 is 1.41 bits per heavy atom. The Bertz CT molecular complexity index is 906. The van der Waals surface area contributed by atoms with Gasteiger partial charge in [-0.2, -0.15) is 5.26 Å². The number of benzene rings is 1. The number of H-pyrrole nitrogens is 1. The highest BCUT2D eigenvalue weighted by Gasteiger charge is 2.10. The topological polar surface area (TPSA) is 52.5 Å². The minimum Gasteiger partial charge on any atom is -0.361 e. The van der Waals surface area contributed by atoms with Crippen LogP contribution in [0.25, 0.3) is 22.6 Å². The Hall–Kier alpha value is -2.03. The summed E-state index contributed by atoms with van der Waals surface area (Å²) in [4.78, 5) is 8.47. The van der Waals surface area contributed by atoms with Gasteiger partial charge in [-0.1, -0.05) is 15.9 Å². The Morgan fingerprint density at radius 3 is 3.05 bits per heavy atom. The summed E-state index contributed by atoms with van der Waals surface area (Å²) in [5.74, 6) is 0. The zero-order chi connectivity index (χ0) is 15.5. The van der Waals surface area contributed by atoms with Crippen LogP contribution in [0.2, 0.25) is 0 Å². The summed E-state index contributed by atoms with van der Waals surface area (Å²) in [5.41, 5.74) is 3.48. The minimum absolute atomic E-state index is 0.618. The molecule has 0 radical (unpaired) electrons. The maximum Gasteiger partial charge on any atom is 0.0998 e. The molecule has 3 rings (SSSR count). The maximum atomic E-state index is 9.58. The van der Waals surface area contributed by atoms with E-state index in [1.165, 1.54) is 0 Å². The molecule has 2 aromatic heterocycles. The SMILES string of the molecule is CSc1ccncc1C=C(C#N)c1c[nH]c2ccc(Br)cc12. The summed E-state index contributed by atoms with van der Waals surface area (Å²) in [6, 6.07) is 10.3. The number of fused-ring (bicyclic) bond motifs is 1. The third-order valence-corrected chi connectivity index (χ3v) is 4.69. The van der Waals surface area contributed by atoms with Gasteiger partial charge in [0.05, 0.1) is 11.6 Å². The Morgan fingerprint density at radius 2 is 2.27 bits per heavy atom. The quantitative estimate of drug-likeness (QED) is 0.515. The van der Waals surface area contributed by atoms with Crippen LogP contribution in [0, 0.1) is 11.3 Å². The lowest BCUT2D eigenvalue weighted by molar-refractivity contribution is 1.25. The van der Waals surface area contributed by atoms with Gasteiger partial charge in [-0.05, 0) is 36.6 Å². The first kappa shape index (κ1) is 14.9. The molecule has 2 heterocycles. The second kappa shape index (κ2) is 6.39. The highest BCUT2D eigenvalue weighted by molar-refractivity contribution is 9.10. The summed E-state index contributed by atoms with van der Waals surface area (Å²) >= 11 is 5.12. The average molecular weight is 370 g/mol. The van der Waals surface area contributed by atoms with Crippen LogP contribution >= 0.6 is 27.7 Å². The molecule has 0 unspecified atom stereocenters. The van der Waals surface area contributed by atoms with E-state index in [4.69, 9.17) is 0 Å². The van der Waals surface area contributed by atoms with Gasteiger partial charge in [0, 0.05) is 50.0 Å². The molecule has 0 saturated carbocycles.